The zero-order chi connectivity index (χ0) is 20.2. The summed E-state index contributed by atoms with van der Waals surface area (Å²) >= 11 is 3.50. The molecule has 0 aromatic heterocycles. The zero-order valence-corrected chi connectivity index (χ0v) is 17.8. The van der Waals surface area contributed by atoms with E-state index in [0.29, 0.717) is 13.2 Å². The van der Waals surface area contributed by atoms with Crippen molar-refractivity contribution in [1.29, 1.82) is 0 Å². The van der Waals surface area contributed by atoms with Crippen molar-refractivity contribution in [2.24, 2.45) is 0 Å². The molecule has 0 saturated heterocycles. The molecule has 29 heavy (non-hydrogen) atoms. The van der Waals surface area contributed by atoms with Gasteiger partial charge in [0.25, 0.3) is 0 Å². The van der Waals surface area contributed by atoms with Crippen LogP contribution in [0.5, 0.6) is 0 Å². The first-order valence-electron chi connectivity index (χ1n) is 9.64. The standard InChI is InChI=1S/C25H22BrNO2/c1-17-13-18(15-19(26)14-17)7-6-12-27-25(28)29-16-24-22-10-4-2-8-20(22)21-9-3-5-11-23(21)24/h2-11,13-15,24H,12,16H2,1H3,(H,27,28). The van der Waals surface area contributed by atoms with Gasteiger partial charge in [-0.2, -0.15) is 0 Å². The van der Waals surface area contributed by atoms with Crippen LogP contribution in [-0.4, -0.2) is 19.2 Å². The van der Waals surface area contributed by atoms with Crippen LogP contribution in [0.25, 0.3) is 17.2 Å². The maximum absolute atomic E-state index is 12.2. The van der Waals surface area contributed by atoms with Gasteiger partial charge in [0, 0.05) is 16.9 Å². The van der Waals surface area contributed by atoms with Gasteiger partial charge in [-0.3, -0.25) is 0 Å². The fraction of sp³-hybridized carbons (Fsp3) is 0.160. The van der Waals surface area contributed by atoms with Gasteiger partial charge in [-0.1, -0.05) is 82.7 Å². The highest BCUT2D eigenvalue weighted by Gasteiger charge is 2.28. The molecule has 0 radical (unpaired) electrons. The lowest BCUT2D eigenvalue weighted by molar-refractivity contribution is 0.144. The smallest absolute Gasteiger partial charge is 0.407 e. The number of carbonyl (C=O) groups is 1. The molecule has 1 amide bonds. The van der Waals surface area contributed by atoms with Crippen molar-refractivity contribution >= 4 is 28.1 Å². The van der Waals surface area contributed by atoms with Crippen LogP contribution in [0.15, 0.2) is 77.3 Å². The molecule has 0 fully saturated rings. The van der Waals surface area contributed by atoms with Gasteiger partial charge in [-0.25, -0.2) is 4.79 Å². The number of hydrogen-bond donors (Lipinski definition) is 1. The molecular formula is C25H22BrNO2. The SMILES string of the molecule is Cc1cc(Br)cc(C=CCNC(=O)OCC2c3ccccc3-c3ccccc32)c1. The Kier molecular flexibility index (Phi) is 5.81. The van der Waals surface area contributed by atoms with Gasteiger partial charge in [0.15, 0.2) is 0 Å². The minimum absolute atomic E-state index is 0.0772. The summed E-state index contributed by atoms with van der Waals surface area (Å²) in [5, 5.41) is 2.79. The molecule has 0 atom stereocenters. The Labute approximate surface area is 179 Å². The number of carbonyl (C=O) groups excluding carboxylic acids is 1. The molecule has 0 spiro atoms. The van der Waals surface area contributed by atoms with Gasteiger partial charge in [-0.05, 0) is 52.4 Å². The normalized spacial score (nSPS) is 12.6. The Morgan fingerprint density at radius 3 is 2.34 bits per heavy atom. The van der Waals surface area contributed by atoms with Gasteiger partial charge in [0.2, 0.25) is 0 Å². The Morgan fingerprint density at radius 1 is 1.03 bits per heavy atom. The molecule has 4 heteroatoms. The monoisotopic (exact) mass is 447 g/mol. The average molecular weight is 448 g/mol. The summed E-state index contributed by atoms with van der Waals surface area (Å²) in [5.74, 6) is 0.0772. The van der Waals surface area contributed by atoms with Crippen molar-refractivity contribution in [3.8, 4) is 11.1 Å². The number of nitrogens with one attached hydrogen (secondary N) is 1. The van der Waals surface area contributed by atoms with Crippen LogP contribution in [0, 0.1) is 6.92 Å². The molecule has 0 saturated carbocycles. The zero-order valence-electron chi connectivity index (χ0n) is 16.2. The van der Waals surface area contributed by atoms with Crippen LogP contribution in [0.2, 0.25) is 0 Å². The highest BCUT2D eigenvalue weighted by Crippen LogP contribution is 2.44. The maximum Gasteiger partial charge on any atom is 0.407 e. The third-order valence-corrected chi connectivity index (χ3v) is 5.54. The second kappa shape index (κ2) is 8.66. The van der Waals surface area contributed by atoms with E-state index >= 15 is 0 Å². The summed E-state index contributed by atoms with van der Waals surface area (Å²) in [5.41, 5.74) is 7.15. The number of halogens is 1. The fourth-order valence-corrected chi connectivity index (χ4v) is 4.47. The lowest BCUT2D eigenvalue weighted by atomic mass is 9.98. The van der Waals surface area contributed by atoms with Crippen LogP contribution in [-0.2, 0) is 4.74 Å². The van der Waals surface area contributed by atoms with Gasteiger partial charge >= 0.3 is 6.09 Å². The van der Waals surface area contributed by atoms with Crippen molar-refractivity contribution in [2.75, 3.05) is 13.2 Å². The van der Waals surface area contributed by atoms with Crippen LogP contribution >= 0.6 is 15.9 Å². The quantitative estimate of drug-likeness (QED) is 0.497. The Balaban J connectivity index is 1.34. The van der Waals surface area contributed by atoms with Gasteiger partial charge in [-0.15, -0.1) is 0 Å². The van der Waals surface area contributed by atoms with E-state index in [2.05, 4.69) is 64.6 Å². The number of ether oxygens (including phenoxy) is 1. The van der Waals surface area contributed by atoms with Crippen LogP contribution in [0.4, 0.5) is 4.79 Å². The Morgan fingerprint density at radius 2 is 1.69 bits per heavy atom. The van der Waals surface area contributed by atoms with Crippen molar-refractivity contribution in [2.45, 2.75) is 12.8 Å². The first-order chi connectivity index (χ1) is 14.1. The van der Waals surface area contributed by atoms with Crippen LogP contribution < -0.4 is 5.32 Å². The third-order valence-electron chi connectivity index (χ3n) is 5.08. The van der Waals surface area contributed by atoms with Gasteiger partial charge in [0.05, 0.1) is 0 Å². The lowest BCUT2D eigenvalue weighted by Gasteiger charge is -2.14. The topological polar surface area (TPSA) is 38.3 Å². The second-order valence-electron chi connectivity index (χ2n) is 7.17. The average Bonchev–Trinajstić information content (AvgIpc) is 3.03. The van der Waals surface area contributed by atoms with Gasteiger partial charge < -0.3 is 10.1 Å². The number of alkyl carbamates (subject to hydrolysis) is 1. The largest absolute Gasteiger partial charge is 0.449 e. The minimum Gasteiger partial charge on any atom is -0.449 e. The van der Waals surface area contributed by atoms with Crippen molar-refractivity contribution < 1.29 is 9.53 Å². The highest BCUT2D eigenvalue weighted by molar-refractivity contribution is 9.10. The van der Waals surface area contributed by atoms with E-state index in [9.17, 15) is 4.79 Å². The minimum atomic E-state index is -0.401. The summed E-state index contributed by atoms with van der Waals surface area (Å²) in [6.07, 6.45) is 3.51. The lowest BCUT2D eigenvalue weighted by Crippen LogP contribution is -2.26. The van der Waals surface area contributed by atoms with E-state index in [4.69, 9.17) is 4.74 Å². The van der Waals surface area contributed by atoms with E-state index in [-0.39, 0.29) is 5.92 Å². The summed E-state index contributed by atoms with van der Waals surface area (Å²) in [6, 6.07) is 22.8. The summed E-state index contributed by atoms with van der Waals surface area (Å²) < 4.78 is 6.58. The predicted octanol–water partition coefficient (Wildman–Crippen LogP) is 6.31. The molecule has 3 aromatic rings. The molecular weight excluding hydrogens is 426 g/mol. The van der Waals surface area contributed by atoms with E-state index in [1.54, 1.807) is 0 Å². The molecule has 1 N–H and O–H groups in total. The van der Waals surface area contributed by atoms with Crippen molar-refractivity contribution in [1.82, 2.24) is 5.32 Å². The van der Waals surface area contributed by atoms with Crippen LogP contribution in [0.3, 0.4) is 0 Å². The molecule has 0 bridgehead atoms. The summed E-state index contributed by atoms with van der Waals surface area (Å²) in [7, 11) is 0. The molecule has 3 aromatic carbocycles. The van der Waals surface area contributed by atoms with E-state index < -0.39 is 6.09 Å². The van der Waals surface area contributed by atoms with Crippen molar-refractivity contribution in [3.05, 3.63) is 99.5 Å². The molecule has 1 aliphatic carbocycles. The van der Waals surface area contributed by atoms with Crippen molar-refractivity contribution in [3.63, 3.8) is 0 Å². The number of amides is 1. The van der Waals surface area contributed by atoms with Crippen LogP contribution in [0.1, 0.15) is 28.2 Å². The molecule has 1 aliphatic rings. The number of benzene rings is 3. The number of rotatable bonds is 5. The highest BCUT2D eigenvalue weighted by atomic mass is 79.9. The fourth-order valence-electron chi connectivity index (χ4n) is 3.85. The number of hydrogen-bond acceptors (Lipinski definition) is 2. The number of aryl methyl sites for hydroxylation is 1. The molecule has 146 valence electrons. The Hall–Kier alpha value is -2.85. The second-order valence-corrected chi connectivity index (χ2v) is 8.09. The first kappa shape index (κ1) is 19.5. The van der Waals surface area contributed by atoms with E-state index in [0.717, 1.165) is 10.0 Å². The van der Waals surface area contributed by atoms with E-state index in [1.165, 1.54) is 27.8 Å². The molecule has 4 rings (SSSR count). The maximum atomic E-state index is 12.2. The molecule has 3 nitrogen and oxygen atoms in total. The third kappa shape index (κ3) is 4.43. The Bertz CT molecular complexity index is 1010. The molecule has 0 unspecified atom stereocenters. The molecule has 0 aliphatic heterocycles. The van der Waals surface area contributed by atoms with E-state index in [1.807, 2.05) is 42.5 Å². The summed E-state index contributed by atoms with van der Waals surface area (Å²) in [4.78, 5) is 12.2. The van der Waals surface area contributed by atoms with Gasteiger partial charge in [0.1, 0.15) is 6.61 Å². The summed E-state index contributed by atoms with van der Waals surface area (Å²) in [6.45, 7) is 2.80. The predicted molar refractivity (Wildman–Crippen MR) is 121 cm³/mol. The molecule has 0 heterocycles. The number of fused-ring (bicyclic) bond motifs is 3. The first-order valence-corrected chi connectivity index (χ1v) is 10.4.